The van der Waals surface area contributed by atoms with Gasteiger partial charge in [-0.05, 0) is 30.7 Å². The highest BCUT2D eigenvalue weighted by molar-refractivity contribution is 5.99. The van der Waals surface area contributed by atoms with E-state index in [0.717, 1.165) is 5.56 Å². The topological polar surface area (TPSA) is 84.6 Å². The van der Waals surface area contributed by atoms with E-state index in [1.807, 2.05) is 36.4 Å². The number of hydrogen-bond donors (Lipinski definition) is 1. The smallest absolute Gasteiger partial charge is 0.267 e. The molecule has 0 aliphatic carbocycles. The van der Waals surface area contributed by atoms with Crippen molar-refractivity contribution in [2.75, 3.05) is 0 Å². The van der Waals surface area contributed by atoms with E-state index >= 15 is 0 Å². The second-order valence-electron chi connectivity index (χ2n) is 4.74. The molecule has 0 heterocycles. The number of nitro groups is 1. The van der Waals surface area contributed by atoms with Gasteiger partial charge >= 0.3 is 0 Å². The molecule has 6 nitrogen and oxygen atoms in total. The average Bonchev–Trinajstić information content (AvgIpc) is 2.58. The van der Waals surface area contributed by atoms with Gasteiger partial charge in [-0.2, -0.15) is 5.10 Å². The van der Waals surface area contributed by atoms with Gasteiger partial charge in [-0.1, -0.05) is 36.4 Å². The number of hydrogen-bond acceptors (Lipinski definition) is 4. The minimum Gasteiger partial charge on any atom is -0.267 e. The summed E-state index contributed by atoms with van der Waals surface area (Å²) in [6.45, 7) is 1.76. The summed E-state index contributed by atoms with van der Waals surface area (Å²) in [7, 11) is 0. The fourth-order valence-corrected chi connectivity index (χ4v) is 1.76. The average molecular weight is 309 g/mol. The van der Waals surface area contributed by atoms with Gasteiger partial charge in [0.2, 0.25) is 0 Å². The molecule has 2 aromatic carbocycles. The van der Waals surface area contributed by atoms with Crippen LogP contribution in [-0.2, 0) is 0 Å². The predicted octanol–water partition coefficient (Wildman–Crippen LogP) is 3.41. The van der Waals surface area contributed by atoms with Gasteiger partial charge in [0.25, 0.3) is 11.6 Å². The summed E-state index contributed by atoms with van der Waals surface area (Å²) in [5, 5.41) is 14.5. The van der Waals surface area contributed by atoms with Gasteiger partial charge in [0.1, 0.15) is 0 Å². The van der Waals surface area contributed by atoms with E-state index < -0.39 is 10.8 Å². The Labute approximate surface area is 133 Å². The van der Waals surface area contributed by atoms with E-state index in [9.17, 15) is 14.9 Å². The van der Waals surface area contributed by atoms with Crippen LogP contribution in [0, 0.1) is 10.1 Å². The monoisotopic (exact) mass is 309 g/mol. The number of nitrogens with zero attached hydrogens (tertiary/aromatic N) is 2. The normalized spacial score (nSPS) is 11.4. The van der Waals surface area contributed by atoms with Crippen molar-refractivity contribution in [3.05, 3.63) is 81.9 Å². The summed E-state index contributed by atoms with van der Waals surface area (Å²) >= 11 is 0. The highest BCUT2D eigenvalue weighted by Gasteiger charge is 2.08. The number of non-ortho nitro benzene ring substituents is 1. The largest absolute Gasteiger partial charge is 0.271 e. The van der Waals surface area contributed by atoms with Crippen LogP contribution < -0.4 is 5.43 Å². The first kappa shape index (κ1) is 16.1. The van der Waals surface area contributed by atoms with E-state index in [2.05, 4.69) is 10.5 Å². The zero-order chi connectivity index (χ0) is 16.7. The number of amides is 1. The van der Waals surface area contributed by atoms with Gasteiger partial charge in [-0.3, -0.25) is 14.9 Å². The summed E-state index contributed by atoms with van der Waals surface area (Å²) in [6.07, 6.45) is 3.67. The maximum Gasteiger partial charge on any atom is 0.271 e. The van der Waals surface area contributed by atoms with Crippen molar-refractivity contribution >= 4 is 23.4 Å². The molecule has 2 rings (SSSR count). The molecule has 0 atom stereocenters. The Morgan fingerprint density at radius 1 is 1.13 bits per heavy atom. The van der Waals surface area contributed by atoms with Crippen LogP contribution in [0.25, 0.3) is 6.08 Å². The van der Waals surface area contributed by atoms with Crippen molar-refractivity contribution in [1.29, 1.82) is 0 Å². The van der Waals surface area contributed by atoms with Crippen LogP contribution in [0.5, 0.6) is 0 Å². The Kier molecular flexibility index (Phi) is 5.35. The van der Waals surface area contributed by atoms with Crippen molar-refractivity contribution in [1.82, 2.24) is 5.43 Å². The van der Waals surface area contributed by atoms with Gasteiger partial charge in [0, 0.05) is 17.7 Å². The minimum atomic E-state index is -0.516. The maximum absolute atomic E-state index is 11.9. The number of carbonyl (C=O) groups is 1. The predicted molar refractivity (Wildman–Crippen MR) is 89.1 cm³/mol. The number of rotatable bonds is 5. The molecule has 2 aromatic rings. The standard InChI is InChI=1S/C17H15N3O3/c1-13(7-8-14-5-3-2-4-6-14)18-19-17(21)15-9-11-16(12-10-15)20(22)23/h2-12H,1H3,(H,19,21)/b8-7+,18-13+. The van der Waals surface area contributed by atoms with Crippen LogP contribution in [0.4, 0.5) is 5.69 Å². The summed E-state index contributed by atoms with van der Waals surface area (Å²) < 4.78 is 0. The molecule has 0 spiro atoms. The number of benzene rings is 2. The molecule has 1 amide bonds. The third-order valence-electron chi connectivity index (χ3n) is 2.99. The Morgan fingerprint density at radius 2 is 1.78 bits per heavy atom. The molecule has 0 aromatic heterocycles. The van der Waals surface area contributed by atoms with Crippen molar-refractivity contribution < 1.29 is 9.72 Å². The molecule has 1 N–H and O–H groups in total. The molecular formula is C17H15N3O3. The van der Waals surface area contributed by atoms with E-state index in [0.29, 0.717) is 11.3 Å². The fraction of sp³-hybridized carbons (Fsp3) is 0.0588. The van der Waals surface area contributed by atoms with Crippen LogP contribution >= 0.6 is 0 Å². The Balaban J connectivity index is 1.97. The number of nitrogens with one attached hydrogen (secondary N) is 1. The van der Waals surface area contributed by atoms with Gasteiger partial charge in [0.05, 0.1) is 10.6 Å². The molecular weight excluding hydrogens is 294 g/mol. The van der Waals surface area contributed by atoms with Crippen molar-refractivity contribution in [3.8, 4) is 0 Å². The summed E-state index contributed by atoms with van der Waals surface area (Å²) in [5.41, 5.74) is 4.31. The van der Waals surface area contributed by atoms with Gasteiger partial charge < -0.3 is 0 Å². The summed E-state index contributed by atoms with van der Waals surface area (Å²) in [6, 6.07) is 15.0. The van der Waals surface area contributed by atoms with Crippen LogP contribution in [0.2, 0.25) is 0 Å². The molecule has 0 bridgehead atoms. The first-order chi connectivity index (χ1) is 11.1. The van der Waals surface area contributed by atoms with Gasteiger partial charge in [0.15, 0.2) is 0 Å². The lowest BCUT2D eigenvalue weighted by Crippen LogP contribution is -2.18. The van der Waals surface area contributed by atoms with Crippen molar-refractivity contribution in [2.45, 2.75) is 6.92 Å². The lowest BCUT2D eigenvalue weighted by Gasteiger charge is -2.00. The lowest BCUT2D eigenvalue weighted by atomic mass is 10.2. The SMILES string of the molecule is CC(/C=C/c1ccccc1)=N\NC(=O)c1ccc([N+](=O)[O-])cc1. The first-order valence-electron chi connectivity index (χ1n) is 6.88. The fourth-order valence-electron chi connectivity index (χ4n) is 1.76. The maximum atomic E-state index is 11.9. The molecule has 0 aliphatic heterocycles. The molecule has 0 radical (unpaired) electrons. The molecule has 0 fully saturated rings. The quantitative estimate of drug-likeness (QED) is 0.522. The Hall–Kier alpha value is -3.28. The highest BCUT2D eigenvalue weighted by Crippen LogP contribution is 2.11. The van der Waals surface area contributed by atoms with E-state index in [1.165, 1.54) is 24.3 Å². The van der Waals surface area contributed by atoms with E-state index in [4.69, 9.17) is 0 Å². The van der Waals surface area contributed by atoms with E-state index in [-0.39, 0.29) is 5.69 Å². The molecule has 0 saturated heterocycles. The van der Waals surface area contributed by atoms with Gasteiger partial charge in [-0.15, -0.1) is 0 Å². The summed E-state index contributed by atoms with van der Waals surface area (Å²) in [4.78, 5) is 21.9. The first-order valence-corrected chi connectivity index (χ1v) is 6.88. The number of carbonyl (C=O) groups excluding carboxylic acids is 1. The third-order valence-corrected chi connectivity index (χ3v) is 2.99. The Morgan fingerprint density at radius 3 is 2.39 bits per heavy atom. The third kappa shape index (κ3) is 4.89. The van der Waals surface area contributed by atoms with E-state index in [1.54, 1.807) is 13.0 Å². The van der Waals surface area contributed by atoms with Crippen LogP contribution in [0.3, 0.4) is 0 Å². The zero-order valence-corrected chi connectivity index (χ0v) is 12.5. The van der Waals surface area contributed by atoms with Crippen molar-refractivity contribution in [2.24, 2.45) is 5.10 Å². The van der Waals surface area contributed by atoms with Crippen molar-refractivity contribution in [3.63, 3.8) is 0 Å². The van der Waals surface area contributed by atoms with Crippen LogP contribution in [0.1, 0.15) is 22.8 Å². The Bertz CT molecular complexity index is 750. The highest BCUT2D eigenvalue weighted by atomic mass is 16.6. The molecule has 23 heavy (non-hydrogen) atoms. The molecule has 0 aliphatic rings. The molecule has 0 saturated carbocycles. The molecule has 116 valence electrons. The minimum absolute atomic E-state index is 0.0629. The second-order valence-corrected chi connectivity index (χ2v) is 4.74. The summed E-state index contributed by atoms with van der Waals surface area (Å²) in [5.74, 6) is -0.424. The number of hydrazone groups is 1. The van der Waals surface area contributed by atoms with Crippen LogP contribution in [-0.4, -0.2) is 16.5 Å². The number of nitro benzene ring substituents is 1. The lowest BCUT2D eigenvalue weighted by molar-refractivity contribution is -0.384. The zero-order valence-electron chi connectivity index (χ0n) is 12.5. The van der Waals surface area contributed by atoms with Gasteiger partial charge in [-0.25, -0.2) is 5.43 Å². The second kappa shape index (κ2) is 7.65. The van der Waals surface area contributed by atoms with Crippen LogP contribution in [0.15, 0.2) is 65.8 Å². The molecule has 6 heteroatoms. The molecule has 0 unspecified atom stereocenters. The number of allylic oxidation sites excluding steroid dienone is 1.